The summed E-state index contributed by atoms with van der Waals surface area (Å²) in [7, 11) is 1.48. The number of esters is 1. The number of aliphatic hydroxyl groups is 1. The third-order valence-electron chi connectivity index (χ3n) is 4.59. The maximum Gasteiger partial charge on any atom is 0.326 e. The van der Waals surface area contributed by atoms with E-state index in [1.807, 2.05) is 13.8 Å². The molecule has 4 nitrogen and oxygen atoms in total. The number of hydrogen-bond acceptors (Lipinski definition) is 5. The van der Waals surface area contributed by atoms with Crippen LogP contribution in [-0.2, 0) is 9.53 Å². The van der Waals surface area contributed by atoms with Crippen LogP contribution in [0.15, 0.2) is 0 Å². The van der Waals surface area contributed by atoms with Crippen LogP contribution in [0.1, 0.15) is 52.9 Å². The molecule has 1 saturated carbocycles. The van der Waals surface area contributed by atoms with Gasteiger partial charge in [-0.25, -0.2) is 0 Å². The van der Waals surface area contributed by atoms with Crippen molar-refractivity contribution in [2.45, 2.75) is 69.8 Å². The maximum atomic E-state index is 12.3. The highest BCUT2D eigenvalue weighted by Gasteiger charge is 2.49. The Kier molecular flexibility index (Phi) is 8.06. The van der Waals surface area contributed by atoms with Crippen molar-refractivity contribution >= 4 is 17.7 Å². The molecule has 5 heteroatoms. The average molecular weight is 317 g/mol. The second kappa shape index (κ2) is 9.01. The molecule has 4 atom stereocenters. The number of ether oxygens (including phenoxy) is 1. The lowest BCUT2D eigenvalue weighted by Crippen LogP contribution is -2.55. The summed E-state index contributed by atoms with van der Waals surface area (Å²) >= 11 is 1.79. The number of hydrogen-bond donors (Lipinski definition) is 2. The van der Waals surface area contributed by atoms with Crippen molar-refractivity contribution < 1.29 is 14.6 Å². The van der Waals surface area contributed by atoms with Crippen LogP contribution in [0.2, 0.25) is 0 Å². The Balaban J connectivity index is 2.62. The van der Waals surface area contributed by atoms with Crippen LogP contribution in [-0.4, -0.2) is 47.4 Å². The van der Waals surface area contributed by atoms with E-state index in [-0.39, 0.29) is 17.3 Å². The molecular weight excluding hydrogens is 286 g/mol. The Morgan fingerprint density at radius 1 is 1.52 bits per heavy atom. The SMILES string of the molecule is CCCNC1(C(=O)OC)CCCC1CCSC(C)C(C)O. The quantitative estimate of drug-likeness (QED) is 0.640. The zero-order chi connectivity index (χ0) is 15.9. The van der Waals surface area contributed by atoms with Crippen molar-refractivity contribution in [3.63, 3.8) is 0 Å². The van der Waals surface area contributed by atoms with Gasteiger partial charge in [0.2, 0.25) is 0 Å². The summed E-state index contributed by atoms with van der Waals surface area (Å²) in [6.07, 6.45) is 4.75. The second-order valence-corrected chi connectivity index (χ2v) is 7.57. The van der Waals surface area contributed by atoms with Crippen LogP contribution in [0, 0.1) is 5.92 Å². The van der Waals surface area contributed by atoms with Gasteiger partial charge in [0.25, 0.3) is 0 Å². The molecule has 2 N–H and O–H groups in total. The van der Waals surface area contributed by atoms with E-state index in [4.69, 9.17) is 4.74 Å². The van der Waals surface area contributed by atoms with Crippen LogP contribution >= 0.6 is 11.8 Å². The number of nitrogens with one attached hydrogen (secondary N) is 1. The summed E-state index contributed by atoms with van der Waals surface area (Å²) in [6.45, 7) is 6.84. The number of aliphatic hydroxyl groups excluding tert-OH is 1. The molecule has 0 aromatic carbocycles. The van der Waals surface area contributed by atoms with Crippen molar-refractivity contribution in [1.82, 2.24) is 5.32 Å². The lowest BCUT2D eigenvalue weighted by Gasteiger charge is -2.34. The van der Waals surface area contributed by atoms with Gasteiger partial charge in [-0.15, -0.1) is 0 Å². The predicted octanol–water partition coefficient (Wildman–Crippen LogP) is 2.59. The number of carbonyl (C=O) groups is 1. The zero-order valence-electron chi connectivity index (χ0n) is 13.9. The molecule has 0 aliphatic heterocycles. The third kappa shape index (κ3) is 4.86. The predicted molar refractivity (Wildman–Crippen MR) is 88.6 cm³/mol. The lowest BCUT2D eigenvalue weighted by molar-refractivity contribution is -0.150. The topological polar surface area (TPSA) is 58.6 Å². The van der Waals surface area contributed by atoms with Gasteiger partial charge in [0, 0.05) is 5.25 Å². The monoisotopic (exact) mass is 317 g/mol. The Labute approximate surface area is 133 Å². The molecule has 1 aliphatic carbocycles. The Bertz CT molecular complexity index is 325. The van der Waals surface area contributed by atoms with E-state index in [0.717, 1.165) is 44.4 Å². The number of thioether (sulfide) groups is 1. The minimum Gasteiger partial charge on any atom is -0.468 e. The summed E-state index contributed by atoms with van der Waals surface area (Å²) in [5, 5.41) is 13.3. The van der Waals surface area contributed by atoms with E-state index in [2.05, 4.69) is 12.2 Å². The summed E-state index contributed by atoms with van der Waals surface area (Å²) < 4.78 is 5.08. The number of carbonyl (C=O) groups excluding carboxylic acids is 1. The first-order valence-electron chi connectivity index (χ1n) is 8.11. The first-order valence-corrected chi connectivity index (χ1v) is 9.16. The van der Waals surface area contributed by atoms with Gasteiger partial charge >= 0.3 is 5.97 Å². The first-order chi connectivity index (χ1) is 9.97. The fourth-order valence-corrected chi connectivity index (χ4v) is 4.18. The summed E-state index contributed by atoms with van der Waals surface area (Å²) in [4.78, 5) is 12.3. The largest absolute Gasteiger partial charge is 0.468 e. The lowest BCUT2D eigenvalue weighted by atomic mass is 9.85. The van der Waals surface area contributed by atoms with Crippen LogP contribution in [0.25, 0.3) is 0 Å². The molecule has 0 saturated heterocycles. The molecule has 0 aromatic rings. The minimum absolute atomic E-state index is 0.105. The first kappa shape index (κ1) is 18.8. The molecule has 0 amide bonds. The van der Waals surface area contributed by atoms with Crippen LogP contribution in [0.5, 0.6) is 0 Å². The highest BCUT2D eigenvalue weighted by atomic mass is 32.2. The van der Waals surface area contributed by atoms with E-state index in [1.54, 1.807) is 11.8 Å². The van der Waals surface area contributed by atoms with E-state index >= 15 is 0 Å². The molecule has 0 aromatic heterocycles. The van der Waals surface area contributed by atoms with Crippen LogP contribution in [0.4, 0.5) is 0 Å². The van der Waals surface area contributed by atoms with Gasteiger partial charge in [-0.3, -0.25) is 4.79 Å². The zero-order valence-corrected chi connectivity index (χ0v) is 14.7. The minimum atomic E-state index is -0.487. The molecule has 0 radical (unpaired) electrons. The Morgan fingerprint density at radius 3 is 2.81 bits per heavy atom. The highest BCUT2D eigenvalue weighted by molar-refractivity contribution is 7.99. The molecule has 0 spiro atoms. The van der Waals surface area contributed by atoms with Gasteiger partial charge in [-0.05, 0) is 50.8 Å². The summed E-state index contributed by atoms with van der Waals surface area (Å²) in [5.41, 5.74) is -0.487. The van der Waals surface area contributed by atoms with Gasteiger partial charge in [0.15, 0.2) is 0 Å². The molecular formula is C16H31NO3S. The molecule has 4 unspecified atom stereocenters. The second-order valence-electron chi connectivity index (χ2n) is 6.08. The summed E-state index contributed by atoms with van der Waals surface area (Å²) in [6, 6.07) is 0. The summed E-state index contributed by atoms with van der Waals surface area (Å²) in [5.74, 6) is 1.21. The highest BCUT2D eigenvalue weighted by Crippen LogP contribution is 2.40. The van der Waals surface area contributed by atoms with E-state index in [0.29, 0.717) is 5.92 Å². The van der Waals surface area contributed by atoms with Crippen LogP contribution in [0.3, 0.4) is 0 Å². The van der Waals surface area contributed by atoms with E-state index < -0.39 is 5.54 Å². The standard InChI is InChI=1S/C16H31NO3S/c1-5-10-17-16(15(19)20-4)9-6-7-14(16)8-11-21-13(3)12(2)18/h12-14,17-18H,5-11H2,1-4H3. The molecule has 0 bridgehead atoms. The Morgan fingerprint density at radius 2 is 2.24 bits per heavy atom. The van der Waals surface area contributed by atoms with Crippen LogP contribution < -0.4 is 5.32 Å². The van der Waals surface area contributed by atoms with Gasteiger partial charge in [-0.1, -0.05) is 20.3 Å². The van der Waals surface area contributed by atoms with Gasteiger partial charge in [-0.2, -0.15) is 11.8 Å². The van der Waals surface area contributed by atoms with Gasteiger partial charge < -0.3 is 15.2 Å². The fraction of sp³-hybridized carbons (Fsp3) is 0.938. The van der Waals surface area contributed by atoms with Crippen molar-refractivity contribution in [1.29, 1.82) is 0 Å². The fourth-order valence-electron chi connectivity index (χ4n) is 3.11. The normalized spacial score (nSPS) is 28.3. The van der Waals surface area contributed by atoms with Gasteiger partial charge in [0.1, 0.15) is 5.54 Å². The molecule has 124 valence electrons. The maximum absolute atomic E-state index is 12.3. The molecule has 1 rings (SSSR count). The number of rotatable bonds is 9. The van der Waals surface area contributed by atoms with Crippen molar-refractivity contribution in [2.24, 2.45) is 5.92 Å². The van der Waals surface area contributed by atoms with Crippen molar-refractivity contribution in [3.05, 3.63) is 0 Å². The molecule has 1 aliphatic rings. The third-order valence-corrected chi connectivity index (χ3v) is 5.98. The smallest absolute Gasteiger partial charge is 0.326 e. The van der Waals surface area contributed by atoms with E-state index in [9.17, 15) is 9.90 Å². The number of methoxy groups -OCH3 is 1. The van der Waals surface area contributed by atoms with Crippen molar-refractivity contribution in [2.75, 3.05) is 19.4 Å². The Hall–Kier alpha value is -0.260. The van der Waals surface area contributed by atoms with Crippen molar-refractivity contribution in [3.8, 4) is 0 Å². The molecule has 21 heavy (non-hydrogen) atoms. The molecule has 1 fully saturated rings. The average Bonchev–Trinajstić information content (AvgIpc) is 2.88. The van der Waals surface area contributed by atoms with Gasteiger partial charge in [0.05, 0.1) is 13.2 Å². The molecule has 0 heterocycles. The van der Waals surface area contributed by atoms with E-state index in [1.165, 1.54) is 7.11 Å².